The Labute approximate surface area is 105 Å². The van der Waals surface area contributed by atoms with Gasteiger partial charge in [0.2, 0.25) is 0 Å². The monoisotopic (exact) mass is 238 g/mol. The summed E-state index contributed by atoms with van der Waals surface area (Å²) in [7, 11) is 2.25. The predicted octanol–water partition coefficient (Wildman–Crippen LogP) is 1.34. The molecule has 0 aliphatic carbocycles. The average molecular weight is 238 g/mol. The van der Waals surface area contributed by atoms with Gasteiger partial charge in [-0.05, 0) is 70.7 Å². The third kappa shape index (κ3) is 2.13. The van der Waals surface area contributed by atoms with Crippen LogP contribution in [0.1, 0.15) is 25.7 Å². The van der Waals surface area contributed by atoms with Crippen molar-refractivity contribution in [2.75, 3.05) is 46.4 Å². The Balaban J connectivity index is 1.68. The first kappa shape index (κ1) is 11.9. The number of likely N-dealkylation sites (tertiary alicyclic amines) is 1. The highest BCUT2D eigenvalue weighted by molar-refractivity contribution is 5.00. The van der Waals surface area contributed by atoms with Gasteiger partial charge in [-0.25, -0.2) is 0 Å². The summed E-state index contributed by atoms with van der Waals surface area (Å²) < 4.78 is 5.63. The van der Waals surface area contributed by atoms with E-state index >= 15 is 0 Å². The molecule has 0 radical (unpaired) electrons. The molecule has 1 unspecified atom stereocenters. The number of rotatable bonds is 2. The lowest BCUT2D eigenvalue weighted by Crippen LogP contribution is -2.58. The molecule has 0 amide bonds. The van der Waals surface area contributed by atoms with E-state index in [0.29, 0.717) is 5.41 Å². The van der Waals surface area contributed by atoms with Crippen LogP contribution in [0.4, 0.5) is 0 Å². The second kappa shape index (κ2) is 4.87. The molecule has 98 valence electrons. The Morgan fingerprint density at radius 2 is 1.88 bits per heavy atom. The molecule has 3 fully saturated rings. The fourth-order valence-corrected chi connectivity index (χ4v) is 4.07. The third-order valence-electron chi connectivity index (χ3n) is 5.38. The molecule has 3 aliphatic heterocycles. The maximum atomic E-state index is 5.63. The smallest absolute Gasteiger partial charge is 0.0550 e. The van der Waals surface area contributed by atoms with Gasteiger partial charge in [0.1, 0.15) is 0 Å². The van der Waals surface area contributed by atoms with E-state index in [-0.39, 0.29) is 0 Å². The van der Waals surface area contributed by atoms with E-state index in [0.717, 1.165) is 25.0 Å². The molecular formula is C14H26N2O. The van der Waals surface area contributed by atoms with Gasteiger partial charge in [0.05, 0.1) is 13.2 Å². The highest BCUT2D eigenvalue weighted by Gasteiger charge is 2.51. The van der Waals surface area contributed by atoms with Crippen molar-refractivity contribution < 1.29 is 4.74 Å². The summed E-state index contributed by atoms with van der Waals surface area (Å²) in [6, 6.07) is 0. The molecule has 0 aromatic rings. The van der Waals surface area contributed by atoms with Gasteiger partial charge in [0, 0.05) is 5.41 Å². The molecule has 0 bridgehead atoms. The lowest BCUT2D eigenvalue weighted by Gasteiger charge is -2.55. The quantitative estimate of drug-likeness (QED) is 0.786. The summed E-state index contributed by atoms with van der Waals surface area (Å²) in [5.74, 6) is 1.79. The summed E-state index contributed by atoms with van der Waals surface area (Å²) >= 11 is 0. The van der Waals surface area contributed by atoms with Crippen LogP contribution in [0.2, 0.25) is 0 Å². The third-order valence-corrected chi connectivity index (χ3v) is 5.38. The van der Waals surface area contributed by atoms with Gasteiger partial charge < -0.3 is 15.0 Å². The average Bonchev–Trinajstić information content (AvgIpc) is 2.32. The summed E-state index contributed by atoms with van der Waals surface area (Å²) in [6.45, 7) is 7.09. The Hall–Kier alpha value is -0.120. The van der Waals surface area contributed by atoms with Crippen molar-refractivity contribution in [3.8, 4) is 0 Å². The van der Waals surface area contributed by atoms with E-state index in [1.807, 2.05) is 0 Å². The summed E-state index contributed by atoms with van der Waals surface area (Å²) in [6.07, 6.45) is 5.55. The van der Waals surface area contributed by atoms with Crippen molar-refractivity contribution >= 4 is 0 Å². The molecule has 0 saturated carbocycles. The van der Waals surface area contributed by atoms with Gasteiger partial charge in [-0.2, -0.15) is 0 Å². The van der Waals surface area contributed by atoms with Crippen molar-refractivity contribution in [3.05, 3.63) is 0 Å². The van der Waals surface area contributed by atoms with Crippen molar-refractivity contribution in [2.24, 2.45) is 17.3 Å². The Morgan fingerprint density at radius 1 is 1.12 bits per heavy atom. The number of piperidine rings is 2. The largest absolute Gasteiger partial charge is 0.380 e. The lowest BCUT2D eigenvalue weighted by molar-refractivity contribution is -0.189. The zero-order valence-electron chi connectivity index (χ0n) is 11.1. The molecule has 3 nitrogen and oxygen atoms in total. The van der Waals surface area contributed by atoms with E-state index < -0.39 is 0 Å². The Bertz CT molecular complexity index is 251. The van der Waals surface area contributed by atoms with Gasteiger partial charge >= 0.3 is 0 Å². The van der Waals surface area contributed by atoms with Gasteiger partial charge in [0.15, 0.2) is 0 Å². The van der Waals surface area contributed by atoms with Gasteiger partial charge in [-0.1, -0.05) is 0 Å². The van der Waals surface area contributed by atoms with Crippen LogP contribution in [-0.4, -0.2) is 51.3 Å². The van der Waals surface area contributed by atoms with Crippen molar-refractivity contribution in [1.82, 2.24) is 10.2 Å². The van der Waals surface area contributed by atoms with E-state index in [1.165, 1.54) is 51.9 Å². The van der Waals surface area contributed by atoms with Crippen molar-refractivity contribution in [1.29, 1.82) is 0 Å². The molecule has 1 N–H and O–H groups in total. The van der Waals surface area contributed by atoms with Crippen molar-refractivity contribution in [2.45, 2.75) is 25.7 Å². The zero-order valence-corrected chi connectivity index (χ0v) is 11.1. The van der Waals surface area contributed by atoms with Crippen LogP contribution in [0.3, 0.4) is 0 Å². The molecule has 0 spiro atoms. The van der Waals surface area contributed by atoms with Crippen LogP contribution in [0.15, 0.2) is 0 Å². The maximum Gasteiger partial charge on any atom is 0.0550 e. The second-order valence-corrected chi connectivity index (χ2v) is 6.35. The van der Waals surface area contributed by atoms with Gasteiger partial charge in [-0.3, -0.25) is 0 Å². The minimum Gasteiger partial charge on any atom is -0.380 e. The highest BCUT2D eigenvalue weighted by atomic mass is 16.5. The van der Waals surface area contributed by atoms with Crippen LogP contribution in [0.5, 0.6) is 0 Å². The Kier molecular flexibility index (Phi) is 3.42. The van der Waals surface area contributed by atoms with Crippen LogP contribution < -0.4 is 5.32 Å². The molecule has 17 heavy (non-hydrogen) atoms. The molecule has 3 saturated heterocycles. The van der Waals surface area contributed by atoms with Gasteiger partial charge in [-0.15, -0.1) is 0 Å². The SMILES string of the molecule is CN1CCC(C2(C3CCCNC3)COC2)CC1. The minimum atomic E-state index is 0.536. The van der Waals surface area contributed by atoms with E-state index in [9.17, 15) is 0 Å². The minimum absolute atomic E-state index is 0.536. The fourth-order valence-electron chi connectivity index (χ4n) is 4.07. The van der Waals surface area contributed by atoms with E-state index in [2.05, 4.69) is 17.3 Å². The lowest BCUT2D eigenvalue weighted by atomic mass is 9.60. The number of nitrogens with one attached hydrogen (secondary N) is 1. The fraction of sp³-hybridized carbons (Fsp3) is 1.00. The van der Waals surface area contributed by atoms with Crippen LogP contribution in [0.25, 0.3) is 0 Å². The van der Waals surface area contributed by atoms with Crippen LogP contribution >= 0.6 is 0 Å². The van der Waals surface area contributed by atoms with E-state index in [1.54, 1.807) is 0 Å². The predicted molar refractivity (Wildman–Crippen MR) is 69.1 cm³/mol. The number of nitrogens with zero attached hydrogens (tertiary/aromatic N) is 1. The number of hydrogen-bond donors (Lipinski definition) is 1. The molecule has 0 aromatic heterocycles. The summed E-state index contributed by atoms with van der Waals surface area (Å²) in [4.78, 5) is 2.48. The first-order chi connectivity index (χ1) is 8.31. The topological polar surface area (TPSA) is 24.5 Å². The normalized spacial score (nSPS) is 35.5. The second-order valence-electron chi connectivity index (χ2n) is 6.35. The first-order valence-corrected chi connectivity index (χ1v) is 7.28. The number of ether oxygens (including phenoxy) is 1. The summed E-state index contributed by atoms with van der Waals surface area (Å²) in [5, 5.41) is 3.59. The molecule has 3 heterocycles. The molecule has 3 heteroatoms. The first-order valence-electron chi connectivity index (χ1n) is 7.28. The molecule has 3 rings (SSSR count). The molecule has 3 aliphatic rings. The van der Waals surface area contributed by atoms with Crippen LogP contribution in [-0.2, 0) is 4.74 Å². The standard InChI is InChI=1S/C14H26N2O/c1-16-7-4-12(5-8-16)14(10-17-11-14)13-3-2-6-15-9-13/h12-13,15H,2-11H2,1H3. The Morgan fingerprint density at radius 3 is 2.41 bits per heavy atom. The summed E-state index contributed by atoms with van der Waals surface area (Å²) in [5.41, 5.74) is 0.536. The van der Waals surface area contributed by atoms with Crippen molar-refractivity contribution in [3.63, 3.8) is 0 Å². The van der Waals surface area contributed by atoms with Crippen LogP contribution in [0, 0.1) is 17.3 Å². The maximum absolute atomic E-state index is 5.63. The zero-order chi connectivity index (χ0) is 11.7. The molecular weight excluding hydrogens is 212 g/mol. The highest BCUT2D eigenvalue weighted by Crippen LogP contribution is 2.49. The van der Waals surface area contributed by atoms with E-state index in [4.69, 9.17) is 4.74 Å². The molecule has 0 aromatic carbocycles. The number of hydrogen-bond acceptors (Lipinski definition) is 3. The van der Waals surface area contributed by atoms with Gasteiger partial charge in [0.25, 0.3) is 0 Å². The molecule has 1 atom stereocenters.